The van der Waals surface area contributed by atoms with E-state index in [1.807, 2.05) is 0 Å². The fourth-order valence-electron chi connectivity index (χ4n) is 4.08. The Bertz CT molecular complexity index is 213. The Morgan fingerprint density at radius 2 is 2.09 bits per heavy atom. The zero-order valence-corrected chi connectivity index (χ0v) is 7.27. The summed E-state index contributed by atoms with van der Waals surface area (Å²) in [6, 6.07) is 0. The zero-order valence-electron chi connectivity index (χ0n) is 7.27. The van der Waals surface area contributed by atoms with Crippen LogP contribution >= 0.6 is 0 Å². The Morgan fingerprint density at radius 1 is 1.27 bits per heavy atom. The molecule has 3 fully saturated rings. The van der Waals surface area contributed by atoms with Crippen LogP contribution in [-0.2, 0) is 0 Å². The lowest BCUT2D eigenvalue weighted by Gasteiger charge is -2.16. The van der Waals surface area contributed by atoms with Crippen LogP contribution in [0.15, 0.2) is 0 Å². The van der Waals surface area contributed by atoms with Gasteiger partial charge < -0.3 is 5.73 Å². The van der Waals surface area contributed by atoms with E-state index in [4.69, 9.17) is 5.73 Å². The third-order valence-electron chi connectivity index (χ3n) is 4.84. The summed E-state index contributed by atoms with van der Waals surface area (Å²) in [5, 5.41) is 0. The summed E-state index contributed by atoms with van der Waals surface area (Å²) in [6.45, 7) is 2.42. The summed E-state index contributed by atoms with van der Waals surface area (Å²) in [6.07, 6.45) is 6.99. The van der Waals surface area contributed by atoms with E-state index in [1.165, 1.54) is 32.1 Å². The van der Waals surface area contributed by atoms with Gasteiger partial charge in [-0.1, -0.05) is 6.92 Å². The normalized spacial score (nSPS) is 66.0. The molecule has 0 radical (unpaired) electrons. The summed E-state index contributed by atoms with van der Waals surface area (Å²) >= 11 is 0. The third kappa shape index (κ3) is 0.516. The topological polar surface area (TPSA) is 26.0 Å². The van der Waals surface area contributed by atoms with Gasteiger partial charge >= 0.3 is 0 Å². The minimum absolute atomic E-state index is 0.322. The molecular formula is C10H17N. The van der Waals surface area contributed by atoms with Crippen molar-refractivity contribution < 1.29 is 0 Å². The molecule has 0 saturated heterocycles. The van der Waals surface area contributed by atoms with Crippen LogP contribution in [0.1, 0.15) is 39.0 Å². The molecule has 0 aromatic heterocycles. The van der Waals surface area contributed by atoms with E-state index in [2.05, 4.69) is 6.92 Å². The highest BCUT2D eigenvalue weighted by Crippen LogP contribution is 2.75. The van der Waals surface area contributed by atoms with E-state index in [-0.39, 0.29) is 0 Å². The summed E-state index contributed by atoms with van der Waals surface area (Å²) in [7, 11) is 0. The summed E-state index contributed by atoms with van der Waals surface area (Å²) in [4.78, 5) is 0. The number of hydrogen-bond donors (Lipinski definition) is 1. The molecule has 62 valence electrons. The van der Waals surface area contributed by atoms with E-state index in [0.717, 1.165) is 11.8 Å². The Morgan fingerprint density at radius 3 is 2.73 bits per heavy atom. The highest BCUT2D eigenvalue weighted by Gasteiger charge is 2.73. The van der Waals surface area contributed by atoms with Crippen molar-refractivity contribution in [3.63, 3.8) is 0 Å². The van der Waals surface area contributed by atoms with Crippen LogP contribution in [0.2, 0.25) is 0 Å². The van der Waals surface area contributed by atoms with Crippen molar-refractivity contribution in [3.05, 3.63) is 0 Å². The molecule has 0 aromatic carbocycles. The quantitative estimate of drug-likeness (QED) is 0.562. The largest absolute Gasteiger partial charge is 0.325 e. The second-order valence-electron chi connectivity index (χ2n) is 5.15. The molecule has 1 heteroatoms. The van der Waals surface area contributed by atoms with Gasteiger partial charge in [-0.25, -0.2) is 0 Å². The van der Waals surface area contributed by atoms with Crippen molar-refractivity contribution >= 4 is 0 Å². The van der Waals surface area contributed by atoms with Crippen molar-refractivity contribution in [2.24, 2.45) is 23.0 Å². The van der Waals surface area contributed by atoms with Gasteiger partial charge in [0.2, 0.25) is 0 Å². The van der Waals surface area contributed by atoms with Gasteiger partial charge in [-0.05, 0) is 49.4 Å². The summed E-state index contributed by atoms with van der Waals surface area (Å²) in [5.41, 5.74) is 7.27. The molecule has 3 saturated carbocycles. The first kappa shape index (κ1) is 6.47. The number of rotatable bonds is 0. The Balaban J connectivity index is 1.99. The molecule has 2 N–H and O–H groups in total. The maximum atomic E-state index is 6.29. The maximum absolute atomic E-state index is 6.29. The molecule has 11 heavy (non-hydrogen) atoms. The molecular weight excluding hydrogens is 134 g/mol. The fourth-order valence-corrected chi connectivity index (χ4v) is 4.08. The van der Waals surface area contributed by atoms with Crippen molar-refractivity contribution in [2.45, 2.75) is 44.6 Å². The number of hydrogen-bond acceptors (Lipinski definition) is 1. The van der Waals surface area contributed by atoms with Crippen LogP contribution in [0.25, 0.3) is 0 Å². The summed E-state index contributed by atoms with van der Waals surface area (Å²) < 4.78 is 0. The standard InChI is InChI=1S/C10H17N/c1-7-2-4-9-6-10(9,11)5-3-8(7)9/h7-8H,2-6,11H2,1H3. The zero-order chi connectivity index (χ0) is 7.69. The van der Waals surface area contributed by atoms with Gasteiger partial charge in [0.1, 0.15) is 0 Å². The molecule has 4 unspecified atom stereocenters. The lowest BCUT2D eigenvalue weighted by molar-refractivity contribution is 0.324. The van der Waals surface area contributed by atoms with Gasteiger partial charge in [-0.15, -0.1) is 0 Å². The molecule has 0 aromatic rings. The predicted octanol–water partition coefficient (Wildman–Crippen LogP) is 1.91. The minimum Gasteiger partial charge on any atom is -0.325 e. The molecule has 1 nitrogen and oxygen atoms in total. The highest BCUT2D eigenvalue weighted by molar-refractivity contribution is 5.28. The Kier molecular flexibility index (Phi) is 0.893. The molecule has 3 aliphatic rings. The first-order chi connectivity index (χ1) is 5.18. The molecule has 4 atom stereocenters. The Labute approximate surface area is 68.3 Å². The SMILES string of the molecule is CC1CCC23CC2(N)CCC13. The summed E-state index contributed by atoms with van der Waals surface area (Å²) in [5.74, 6) is 1.98. The highest BCUT2D eigenvalue weighted by atomic mass is 15.0. The second-order valence-corrected chi connectivity index (χ2v) is 5.15. The van der Waals surface area contributed by atoms with Crippen molar-refractivity contribution in [3.8, 4) is 0 Å². The first-order valence-corrected chi connectivity index (χ1v) is 4.97. The van der Waals surface area contributed by atoms with E-state index in [9.17, 15) is 0 Å². The molecule has 3 rings (SSSR count). The second kappa shape index (κ2) is 1.52. The lowest BCUT2D eigenvalue weighted by Crippen LogP contribution is -2.26. The average Bonchev–Trinajstić information content (AvgIpc) is 2.31. The van der Waals surface area contributed by atoms with E-state index < -0.39 is 0 Å². The van der Waals surface area contributed by atoms with Crippen molar-refractivity contribution in [1.82, 2.24) is 0 Å². The Hall–Kier alpha value is -0.0400. The van der Waals surface area contributed by atoms with Crippen molar-refractivity contribution in [2.75, 3.05) is 0 Å². The van der Waals surface area contributed by atoms with Crippen LogP contribution in [0, 0.1) is 17.3 Å². The fraction of sp³-hybridized carbons (Fsp3) is 1.00. The van der Waals surface area contributed by atoms with Crippen LogP contribution in [0.5, 0.6) is 0 Å². The predicted molar refractivity (Wildman–Crippen MR) is 45.1 cm³/mol. The third-order valence-corrected chi connectivity index (χ3v) is 4.84. The van der Waals surface area contributed by atoms with Crippen LogP contribution < -0.4 is 5.73 Å². The van der Waals surface area contributed by atoms with Gasteiger partial charge in [0.25, 0.3) is 0 Å². The number of nitrogens with two attached hydrogens (primary N) is 1. The van der Waals surface area contributed by atoms with E-state index in [1.54, 1.807) is 0 Å². The van der Waals surface area contributed by atoms with Gasteiger partial charge in [0.05, 0.1) is 0 Å². The van der Waals surface area contributed by atoms with E-state index in [0.29, 0.717) is 11.0 Å². The monoisotopic (exact) mass is 151 g/mol. The van der Waals surface area contributed by atoms with Crippen LogP contribution in [-0.4, -0.2) is 5.54 Å². The van der Waals surface area contributed by atoms with Gasteiger partial charge in [0.15, 0.2) is 0 Å². The van der Waals surface area contributed by atoms with Crippen molar-refractivity contribution in [1.29, 1.82) is 0 Å². The average molecular weight is 151 g/mol. The van der Waals surface area contributed by atoms with Gasteiger partial charge in [-0.3, -0.25) is 0 Å². The van der Waals surface area contributed by atoms with Gasteiger partial charge in [-0.2, -0.15) is 0 Å². The van der Waals surface area contributed by atoms with Gasteiger partial charge in [0, 0.05) is 5.54 Å². The first-order valence-electron chi connectivity index (χ1n) is 4.97. The maximum Gasteiger partial charge on any atom is 0.0221 e. The van der Waals surface area contributed by atoms with E-state index >= 15 is 0 Å². The van der Waals surface area contributed by atoms with Crippen LogP contribution in [0.3, 0.4) is 0 Å². The molecule has 3 aliphatic carbocycles. The molecule has 0 heterocycles. The molecule has 1 spiro atoms. The smallest absolute Gasteiger partial charge is 0.0221 e. The molecule has 0 amide bonds. The minimum atomic E-state index is 0.322. The lowest BCUT2D eigenvalue weighted by atomic mass is 9.89. The van der Waals surface area contributed by atoms with Crippen LogP contribution in [0.4, 0.5) is 0 Å². The molecule has 0 aliphatic heterocycles. The molecule has 0 bridgehead atoms.